The SMILES string of the molecule is COCCn1c(=NC(=O)c2ccccc2)sc2c3ccccc3ccc21. The van der Waals surface area contributed by atoms with E-state index in [4.69, 9.17) is 4.74 Å². The van der Waals surface area contributed by atoms with E-state index in [9.17, 15) is 4.79 Å². The van der Waals surface area contributed by atoms with Gasteiger partial charge in [0, 0.05) is 24.6 Å². The van der Waals surface area contributed by atoms with E-state index in [-0.39, 0.29) is 5.91 Å². The minimum atomic E-state index is -0.229. The number of rotatable bonds is 4. The molecule has 3 aromatic carbocycles. The zero-order valence-corrected chi connectivity index (χ0v) is 15.2. The summed E-state index contributed by atoms with van der Waals surface area (Å²) in [6.45, 7) is 1.21. The molecule has 1 amide bonds. The number of methoxy groups -OCH3 is 1. The Morgan fingerprint density at radius 3 is 2.62 bits per heavy atom. The molecule has 0 N–H and O–H groups in total. The van der Waals surface area contributed by atoms with Gasteiger partial charge < -0.3 is 9.30 Å². The van der Waals surface area contributed by atoms with Crippen LogP contribution >= 0.6 is 11.3 Å². The van der Waals surface area contributed by atoms with Crippen LogP contribution in [-0.4, -0.2) is 24.2 Å². The molecule has 1 aromatic heterocycles. The molecule has 5 heteroatoms. The number of carbonyl (C=O) groups excluding carboxylic acids is 1. The lowest BCUT2D eigenvalue weighted by Gasteiger charge is -2.05. The molecule has 4 rings (SSSR count). The number of thiazole rings is 1. The third kappa shape index (κ3) is 3.07. The quantitative estimate of drug-likeness (QED) is 0.545. The van der Waals surface area contributed by atoms with Gasteiger partial charge in [0.15, 0.2) is 4.80 Å². The maximum Gasteiger partial charge on any atom is 0.279 e. The van der Waals surface area contributed by atoms with Crippen molar-refractivity contribution in [2.24, 2.45) is 4.99 Å². The maximum absolute atomic E-state index is 12.6. The molecule has 4 aromatic rings. The molecule has 0 atom stereocenters. The van der Waals surface area contributed by atoms with Crippen LogP contribution in [0.15, 0.2) is 71.7 Å². The molecular weight excluding hydrogens is 344 g/mol. The van der Waals surface area contributed by atoms with Crippen molar-refractivity contribution in [2.75, 3.05) is 13.7 Å². The van der Waals surface area contributed by atoms with Crippen molar-refractivity contribution in [1.29, 1.82) is 0 Å². The van der Waals surface area contributed by atoms with E-state index < -0.39 is 0 Å². The summed E-state index contributed by atoms with van der Waals surface area (Å²) in [4.78, 5) is 17.7. The van der Waals surface area contributed by atoms with E-state index in [0.717, 1.165) is 10.2 Å². The summed E-state index contributed by atoms with van der Waals surface area (Å²) >= 11 is 1.55. The van der Waals surface area contributed by atoms with Crippen molar-refractivity contribution >= 4 is 38.2 Å². The highest BCUT2D eigenvalue weighted by atomic mass is 32.1. The lowest BCUT2D eigenvalue weighted by molar-refractivity contribution is 0.0997. The van der Waals surface area contributed by atoms with Crippen LogP contribution in [-0.2, 0) is 11.3 Å². The summed E-state index contributed by atoms with van der Waals surface area (Å²) in [5.41, 5.74) is 1.67. The van der Waals surface area contributed by atoms with Gasteiger partial charge in [0.25, 0.3) is 5.91 Å². The Kier molecular flexibility index (Phi) is 4.65. The molecule has 0 saturated heterocycles. The molecule has 0 radical (unpaired) electrons. The van der Waals surface area contributed by atoms with Gasteiger partial charge in [-0.25, -0.2) is 0 Å². The van der Waals surface area contributed by atoms with Gasteiger partial charge in [0.05, 0.1) is 16.8 Å². The van der Waals surface area contributed by atoms with Gasteiger partial charge in [-0.05, 0) is 23.6 Å². The fraction of sp³-hybridized carbons (Fsp3) is 0.143. The summed E-state index contributed by atoms with van der Waals surface area (Å²) in [5.74, 6) is -0.229. The molecule has 26 heavy (non-hydrogen) atoms. The fourth-order valence-corrected chi connectivity index (χ4v) is 4.20. The number of amides is 1. The monoisotopic (exact) mass is 362 g/mol. The van der Waals surface area contributed by atoms with Crippen LogP contribution in [0.5, 0.6) is 0 Å². The number of fused-ring (bicyclic) bond motifs is 3. The lowest BCUT2D eigenvalue weighted by Crippen LogP contribution is -2.19. The van der Waals surface area contributed by atoms with Gasteiger partial charge in [0.1, 0.15) is 0 Å². The van der Waals surface area contributed by atoms with E-state index in [0.29, 0.717) is 23.5 Å². The molecule has 130 valence electrons. The number of hydrogen-bond donors (Lipinski definition) is 0. The summed E-state index contributed by atoms with van der Waals surface area (Å²) in [6.07, 6.45) is 0. The Morgan fingerprint density at radius 2 is 1.81 bits per heavy atom. The molecule has 4 nitrogen and oxygen atoms in total. The minimum Gasteiger partial charge on any atom is -0.383 e. The topological polar surface area (TPSA) is 43.6 Å². The highest BCUT2D eigenvalue weighted by Gasteiger charge is 2.11. The smallest absolute Gasteiger partial charge is 0.279 e. The number of carbonyl (C=O) groups is 1. The van der Waals surface area contributed by atoms with Crippen molar-refractivity contribution in [3.05, 3.63) is 77.1 Å². The van der Waals surface area contributed by atoms with Crippen molar-refractivity contribution in [2.45, 2.75) is 6.54 Å². The highest BCUT2D eigenvalue weighted by molar-refractivity contribution is 7.17. The molecular formula is C21H18N2O2S. The normalized spacial score (nSPS) is 12.1. The number of ether oxygens (including phenoxy) is 1. The predicted octanol–water partition coefficient (Wildman–Crippen LogP) is 4.24. The van der Waals surface area contributed by atoms with Crippen molar-refractivity contribution in [1.82, 2.24) is 4.57 Å². The average molecular weight is 362 g/mol. The first-order chi connectivity index (χ1) is 12.8. The Hall–Kier alpha value is -2.76. The molecule has 0 aliphatic carbocycles. The number of nitrogens with zero attached hydrogens (tertiary/aromatic N) is 2. The Bertz CT molecular complexity index is 1140. The first-order valence-electron chi connectivity index (χ1n) is 8.42. The lowest BCUT2D eigenvalue weighted by atomic mass is 10.1. The van der Waals surface area contributed by atoms with E-state index in [1.807, 2.05) is 30.3 Å². The Morgan fingerprint density at radius 1 is 1.04 bits per heavy atom. The zero-order chi connectivity index (χ0) is 17.9. The molecule has 0 aliphatic heterocycles. The van der Waals surface area contributed by atoms with Crippen LogP contribution in [0.4, 0.5) is 0 Å². The fourth-order valence-electron chi connectivity index (χ4n) is 3.01. The first-order valence-corrected chi connectivity index (χ1v) is 9.24. The second-order valence-corrected chi connectivity index (χ2v) is 6.92. The second kappa shape index (κ2) is 7.23. The second-order valence-electron chi connectivity index (χ2n) is 5.95. The van der Waals surface area contributed by atoms with Gasteiger partial charge in [-0.2, -0.15) is 4.99 Å². The first kappa shape index (κ1) is 16.7. The summed E-state index contributed by atoms with van der Waals surface area (Å²) < 4.78 is 8.46. The van der Waals surface area contributed by atoms with E-state index in [1.165, 1.54) is 10.8 Å². The molecule has 1 heterocycles. The third-order valence-corrected chi connectivity index (χ3v) is 5.44. The van der Waals surface area contributed by atoms with Crippen LogP contribution in [0.25, 0.3) is 21.0 Å². The van der Waals surface area contributed by atoms with Crippen LogP contribution < -0.4 is 4.80 Å². The summed E-state index contributed by atoms with van der Waals surface area (Å²) in [6, 6.07) is 21.6. The largest absolute Gasteiger partial charge is 0.383 e. The number of aromatic nitrogens is 1. The van der Waals surface area contributed by atoms with Crippen LogP contribution in [0.1, 0.15) is 10.4 Å². The van der Waals surface area contributed by atoms with Crippen LogP contribution in [0.3, 0.4) is 0 Å². The Labute approximate surface area is 155 Å². The minimum absolute atomic E-state index is 0.229. The van der Waals surface area contributed by atoms with Gasteiger partial charge in [0.2, 0.25) is 0 Å². The number of hydrogen-bond acceptors (Lipinski definition) is 3. The molecule has 0 bridgehead atoms. The molecule has 0 aliphatic rings. The summed E-state index contributed by atoms with van der Waals surface area (Å²) in [5, 5.41) is 2.36. The standard InChI is InChI=1S/C21H18N2O2S/c1-25-14-13-23-18-12-11-15-7-5-6-10-17(15)19(18)26-21(23)22-20(24)16-8-3-2-4-9-16/h2-12H,13-14H2,1H3. The van der Waals surface area contributed by atoms with Crippen LogP contribution in [0.2, 0.25) is 0 Å². The van der Waals surface area contributed by atoms with Crippen molar-refractivity contribution in [3.63, 3.8) is 0 Å². The highest BCUT2D eigenvalue weighted by Crippen LogP contribution is 2.27. The van der Waals surface area contributed by atoms with E-state index >= 15 is 0 Å². The van der Waals surface area contributed by atoms with Gasteiger partial charge >= 0.3 is 0 Å². The third-order valence-electron chi connectivity index (χ3n) is 4.31. The Balaban J connectivity index is 1.93. The predicted molar refractivity (Wildman–Crippen MR) is 106 cm³/mol. The van der Waals surface area contributed by atoms with Gasteiger partial charge in [-0.3, -0.25) is 4.79 Å². The van der Waals surface area contributed by atoms with Gasteiger partial charge in [-0.15, -0.1) is 0 Å². The van der Waals surface area contributed by atoms with E-state index in [1.54, 1.807) is 30.6 Å². The van der Waals surface area contributed by atoms with E-state index in [2.05, 4.69) is 33.8 Å². The number of benzene rings is 3. The van der Waals surface area contributed by atoms with Gasteiger partial charge in [-0.1, -0.05) is 59.9 Å². The molecule has 0 saturated carbocycles. The maximum atomic E-state index is 12.6. The molecule has 0 spiro atoms. The zero-order valence-electron chi connectivity index (χ0n) is 14.4. The molecule has 0 fully saturated rings. The molecule has 0 unspecified atom stereocenters. The van der Waals surface area contributed by atoms with Crippen LogP contribution in [0, 0.1) is 0 Å². The van der Waals surface area contributed by atoms with Crippen molar-refractivity contribution < 1.29 is 9.53 Å². The summed E-state index contributed by atoms with van der Waals surface area (Å²) in [7, 11) is 1.68. The van der Waals surface area contributed by atoms with Crippen molar-refractivity contribution in [3.8, 4) is 0 Å². The average Bonchev–Trinajstić information content (AvgIpc) is 3.04.